The van der Waals surface area contributed by atoms with Crippen LogP contribution in [-0.2, 0) is 4.79 Å². The number of thiophene rings is 1. The molecule has 0 aliphatic carbocycles. The van der Waals surface area contributed by atoms with E-state index >= 15 is 0 Å². The fourth-order valence-electron chi connectivity index (χ4n) is 3.13. The van der Waals surface area contributed by atoms with Gasteiger partial charge in [-0.15, -0.1) is 34.4 Å². The maximum absolute atomic E-state index is 12.9. The number of nitrogens with one attached hydrogen (secondary N) is 2. The minimum atomic E-state index is -0.514. The summed E-state index contributed by atoms with van der Waals surface area (Å²) in [4.78, 5) is 42.1. The number of hydrogen-bond donors (Lipinski definition) is 2. The van der Waals surface area contributed by atoms with Crippen LogP contribution in [0, 0.1) is 10.1 Å². The highest BCUT2D eigenvalue weighted by Gasteiger charge is 2.20. The maximum atomic E-state index is 12.9. The summed E-state index contributed by atoms with van der Waals surface area (Å²) < 4.78 is 0. The lowest BCUT2D eigenvalue weighted by molar-refractivity contribution is -0.384. The van der Waals surface area contributed by atoms with Crippen molar-refractivity contribution in [2.45, 2.75) is 23.5 Å². The predicted molar refractivity (Wildman–Crippen MR) is 141 cm³/mol. The number of carbonyl (C=O) groups excluding carboxylic acids is 2. The number of nitrogens with zero attached hydrogens (tertiary/aromatic N) is 2. The first-order chi connectivity index (χ1) is 16.9. The summed E-state index contributed by atoms with van der Waals surface area (Å²) in [5, 5.41) is 20.6. The Morgan fingerprint density at radius 1 is 1.09 bits per heavy atom. The van der Waals surface area contributed by atoms with Crippen LogP contribution >= 0.6 is 34.4 Å². The zero-order valence-corrected chi connectivity index (χ0v) is 20.9. The molecule has 0 aliphatic rings. The molecule has 2 N–H and O–H groups in total. The number of thiazole rings is 1. The molecule has 1 unspecified atom stereocenters. The van der Waals surface area contributed by atoms with Gasteiger partial charge in [0, 0.05) is 33.7 Å². The summed E-state index contributed by atoms with van der Waals surface area (Å²) in [6.45, 7) is 1.94. The molecule has 0 saturated carbocycles. The lowest BCUT2D eigenvalue weighted by Crippen LogP contribution is -2.24. The van der Waals surface area contributed by atoms with Crippen molar-refractivity contribution in [3.05, 3.63) is 87.1 Å². The van der Waals surface area contributed by atoms with E-state index in [9.17, 15) is 19.7 Å². The number of anilines is 2. The standard InChI is InChI=1S/C24H20N4O4S3/c1-2-20(23(30)27-24-26-19(14-34-24)21-7-4-12-33-21)35-18-6-3-5-16(13-18)25-22(29)15-8-10-17(11-9-15)28(31)32/h3-14,20H,2H2,1H3,(H,25,29)(H,26,27,30). The Morgan fingerprint density at radius 3 is 2.57 bits per heavy atom. The molecule has 11 heteroatoms. The van der Waals surface area contributed by atoms with Gasteiger partial charge in [-0.2, -0.15) is 0 Å². The first kappa shape index (κ1) is 24.6. The van der Waals surface area contributed by atoms with Crippen LogP contribution in [0.1, 0.15) is 23.7 Å². The van der Waals surface area contributed by atoms with Crippen molar-refractivity contribution in [1.82, 2.24) is 4.98 Å². The molecule has 178 valence electrons. The summed E-state index contributed by atoms with van der Waals surface area (Å²) in [5.74, 6) is -0.512. The number of aromatic nitrogens is 1. The van der Waals surface area contributed by atoms with Crippen molar-refractivity contribution in [2.75, 3.05) is 10.6 Å². The Hall–Kier alpha value is -3.54. The molecular formula is C24H20N4O4S3. The molecule has 0 spiro atoms. The summed E-state index contributed by atoms with van der Waals surface area (Å²) in [6, 6.07) is 16.6. The first-order valence-corrected chi connectivity index (χ1v) is 13.2. The SMILES string of the molecule is CCC(Sc1cccc(NC(=O)c2ccc([N+](=O)[O-])cc2)c1)C(=O)Nc1nc(-c2cccs2)cs1. The van der Waals surface area contributed by atoms with E-state index in [4.69, 9.17) is 0 Å². The van der Waals surface area contributed by atoms with Crippen LogP contribution < -0.4 is 10.6 Å². The van der Waals surface area contributed by atoms with Crippen molar-refractivity contribution < 1.29 is 14.5 Å². The molecular weight excluding hydrogens is 504 g/mol. The molecule has 2 aromatic heterocycles. The second kappa shape index (κ2) is 11.3. The van der Waals surface area contributed by atoms with Crippen LogP contribution in [0.2, 0.25) is 0 Å². The van der Waals surface area contributed by atoms with E-state index in [2.05, 4.69) is 15.6 Å². The number of hydrogen-bond acceptors (Lipinski definition) is 8. The Bertz CT molecular complexity index is 1340. The van der Waals surface area contributed by atoms with Crippen LogP contribution in [0.5, 0.6) is 0 Å². The zero-order valence-electron chi connectivity index (χ0n) is 18.5. The topological polar surface area (TPSA) is 114 Å². The molecule has 0 bridgehead atoms. The summed E-state index contributed by atoms with van der Waals surface area (Å²) in [7, 11) is 0. The van der Waals surface area contributed by atoms with E-state index in [0.717, 1.165) is 15.5 Å². The van der Waals surface area contributed by atoms with Gasteiger partial charge in [0.25, 0.3) is 11.6 Å². The molecule has 4 aromatic rings. The Labute approximate surface area is 213 Å². The quantitative estimate of drug-likeness (QED) is 0.146. The molecule has 2 amide bonds. The van der Waals surface area contributed by atoms with Crippen molar-refractivity contribution >= 4 is 62.8 Å². The van der Waals surface area contributed by atoms with E-state index in [0.29, 0.717) is 22.8 Å². The second-order valence-electron chi connectivity index (χ2n) is 7.31. The lowest BCUT2D eigenvalue weighted by atomic mass is 10.2. The number of amides is 2. The lowest BCUT2D eigenvalue weighted by Gasteiger charge is -2.14. The molecule has 2 heterocycles. The third kappa shape index (κ3) is 6.32. The van der Waals surface area contributed by atoms with Crippen molar-refractivity contribution in [2.24, 2.45) is 0 Å². The summed E-state index contributed by atoms with van der Waals surface area (Å²) in [5.41, 5.74) is 1.64. The average Bonchev–Trinajstić information content (AvgIpc) is 3.55. The van der Waals surface area contributed by atoms with Crippen LogP contribution in [0.4, 0.5) is 16.5 Å². The number of nitro groups is 1. The fourth-order valence-corrected chi connectivity index (χ4v) is 5.61. The third-order valence-corrected chi connectivity index (χ3v) is 7.89. The van der Waals surface area contributed by atoms with E-state index < -0.39 is 4.92 Å². The Morgan fingerprint density at radius 2 is 1.89 bits per heavy atom. The van der Waals surface area contributed by atoms with Gasteiger partial charge in [0.1, 0.15) is 0 Å². The third-order valence-electron chi connectivity index (χ3n) is 4.88. The minimum Gasteiger partial charge on any atom is -0.322 e. The highest BCUT2D eigenvalue weighted by atomic mass is 32.2. The normalized spacial score (nSPS) is 11.6. The molecule has 0 fully saturated rings. The minimum absolute atomic E-state index is 0.0793. The molecule has 8 nitrogen and oxygen atoms in total. The number of non-ortho nitro benzene ring substituents is 1. The monoisotopic (exact) mass is 524 g/mol. The molecule has 0 aliphatic heterocycles. The molecule has 1 atom stereocenters. The van der Waals surface area contributed by atoms with Crippen molar-refractivity contribution in [3.8, 4) is 10.6 Å². The van der Waals surface area contributed by atoms with Crippen molar-refractivity contribution in [3.63, 3.8) is 0 Å². The van der Waals surface area contributed by atoms with Crippen LogP contribution in [0.15, 0.2) is 76.3 Å². The van der Waals surface area contributed by atoms with Gasteiger partial charge < -0.3 is 10.6 Å². The van der Waals surface area contributed by atoms with E-state index in [-0.39, 0.29) is 22.8 Å². The van der Waals surface area contributed by atoms with Gasteiger partial charge in [-0.1, -0.05) is 19.1 Å². The zero-order chi connectivity index (χ0) is 24.8. The average molecular weight is 525 g/mol. The van der Waals surface area contributed by atoms with Gasteiger partial charge in [0.2, 0.25) is 5.91 Å². The van der Waals surface area contributed by atoms with E-state index in [1.165, 1.54) is 47.4 Å². The largest absolute Gasteiger partial charge is 0.322 e. The molecule has 0 radical (unpaired) electrons. The van der Waals surface area contributed by atoms with Crippen LogP contribution in [0.25, 0.3) is 10.6 Å². The second-order valence-corrected chi connectivity index (χ2v) is 10.4. The number of rotatable bonds is 9. The highest BCUT2D eigenvalue weighted by molar-refractivity contribution is 8.00. The van der Waals surface area contributed by atoms with Gasteiger partial charge in [-0.25, -0.2) is 4.98 Å². The van der Waals surface area contributed by atoms with Crippen LogP contribution in [-0.4, -0.2) is 27.0 Å². The van der Waals surface area contributed by atoms with Gasteiger partial charge in [0.15, 0.2) is 5.13 Å². The molecule has 0 saturated heterocycles. The Kier molecular flexibility index (Phi) is 7.91. The van der Waals surface area contributed by atoms with Gasteiger partial charge in [-0.3, -0.25) is 19.7 Å². The number of benzene rings is 2. The predicted octanol–water partition coefficient (Wildman–Crippen LogP) is 6.54. The number of carbonyl (C=O) groups is 2. The molecule has 4 rings (SSSR count). The Balaban J connectivity index is 1.38. The summed E-state index contributed by atoms with van der Waals surface area (Å²) in [6.07, 6.45) is 0.610. The number of thioether (sulfide) groups is 1. The van der Waals surface area contributed by atoms with Crippen LogP contribution in [0.3, 0.4) is 0 Å². The highest BCUT2D eigenvalue weighted by Crippen LogP contribution is 2.31. The van der Waals surface area contributed by atoms with Crippen molar-refractivity contribution in [1.29, 1.82) is 0 Å². The van der Waals surface area contributed by atoms with Gasteiger partial charge >= 0.3 is 0 Å². The molecule has 35 heavy (non-hydrogen) atoms. The smallest absolute Gasteiger partial charge is 0.269 e. The number of nitro benzene ring substituents is 1. The molecule has 2 aromatic carbocycles. The fraction of sp³-hybridized carbons (Fsp3) is 0.125. The van der Waals surface area contributed by atoms with Gasteiger partial charge in [0.05, 0.1) is 20.7 Å². The first-order valence-electron chi connectivity index (χ1n) is 10.6. The maximum Gasteiger partial charge on any atom is 0.269 e. The van der Waals surface area contributed by atoms with E-state index in [1.807, 2.05) is 35.9 Å². The van der Waals surface area contributed by atoms with E-state index in [1.54, 1.807) is 29.5 Å². The summed E-state index contributed by atoms with van der Waals surface area (Å²) >= 11 is 4.39. The van der Waals surface area contributed by atoms with Gasteiger partial charge in [-0.05, 0) is 48.2 Å².